The predicted octanol–water partition coefficient (Wildman–Crippen LogP) is 3.34. The smallest absolute Gasteiger partial charge is 0.191 e. The van der Waals surface area contributed by atoms with Crippen molar-refractivity contribution in [2.75, 3.05) is 19.0 Å². The molecular weight excluding hydrogens is 298 g/mol. The Morgan fingerprint density at radius 3 is 2.50 bits per heavy atom. The van der Waals surface area contributed by atoms with Gasteiger partial charge in [0.05, 0.1) is 13.2 Å². The molecule has 0 spiro atoms. The van der Waals surface area contributed by atoms with Crippen LogP contribution >= 0.6 is 11.8 Å². The van der Waals surface area contributed by atoms with Gasteiger partial charge in [0.15, 0.2) is 5.16 Å². The Kier molecular flexibility index (Phi) is 6.33. The number of aryl methyl sites for hydroxylation is 1. The summed E-state index contributed by atoms with van der Waals surface area (Å²) in [5.74, 6) is 3.41. The third-order valence-corrected chi connectivity index (χ3v) is 3.86. The van der Waals surface area contributed by atoms with Crippen molar-refractivity contribution < 1.29 is 9.47 Å². The molecular formula is C16H21N3O2S. The molecule has 0 saturated heterocycles. The van der Waals surface area contributed by atoms with E-state index in [9.17, 15) is 0 Å². The van der Waals surface area contributed by atoms with Crippen LogP contribution in [0.3, 0.4) is 0 Å². The maximum absolute atomic E-state index is 5.71. The molecule has 0 bridgehead atoms. The molecule has 1 aromatic heterocycles. The van der Waals surface area contributed by atoms with Crippen molar-refractivity contribution in [1.29, 1.82) is 0 Å². The Balaban J connectivity index is 1.78. The summed E-state index contributed by atoms with van der Waals surface area (Å²) >= 11 is 1.63. The van der Waals surface area contributed by atoms with Gasteiger partial charge in [0.25, 0.3) is 0 Å². The Hall–Kier alpha value is -1.95. The number of nitrogens with zero attached hydrogens (tertiary/aromatic N) is 3. The zero-order valence-electron chi connectivity index (χ0n) is 13.0. The minimum Gasteiger partial charge on any atom is -0.494 e. The standard InChI is InChI=1S/C16H21N3O2S/c1-4-10-19-13(3)17-18-16(19)22-12-11-21-15-8-6-14(7-9-15)20-5-2/h4,6-9H,1,5,10-12H2,2-3H3. The van der Waals surface area contributed by atoms with E-state index in [0.717, 1.165) is 34.8 Å². The van der Waals surface area contributed by atoms with Crippen LogP contribution < -0.4 is 9.47 Å². The SMILES string of the molecule is C=CCn1c(C)nnc1SCCOc1ccc(OCC)cc1. The number of aromatic nitrogens is 3. The third kappa shape index (κ3) is 4.53. The second-order valence-corrected chi connectivity index (χ2v) is 5.59. The monoisotopic (exact) mass is 319 g/mol. The lowest BCUT2D eigenvalue weighted by molar-refractivity contribution is 0.332. The number of thioether (sulfide) groups is 1. The number of ether oxygens (including phenoxy) is 2. The van der Waals surface area contributed by atoms with Crippen molar-refractivity contribution in [3.05, 3.63) is 42.7 Å². The fraction of sp³-hybridized carbons (Fsp3) is 0.375. The molecule has 22 heavy (non-hydrogen) atoms. The highest BCUT2D eigenvalue weighted by molar-refractivity contribution is 7.99. The maximum Gasteiger partial charge on any atom is 0.191 e. The molecule has 0 aliphatic carbocycles. The van der Waals surface area contributed by atoms with Gasteiger partial charge in [-0.25, -0.2) is 0 Å². The van der Waals surface area contributed by atoms with Gasteiger partial charge in [-0.1, -0.05) is 17.8 Å². The van der Waals surface area contributed by atoms with Crippen molar-refractivity contribution in [1.82, 2.24) is 14.8 Å². The van der Waals surface area contributed by atoms with Gasteiger partial charge in [0.2, 0.25) is 0 Å². The highest BCUT2D eigenvalue weighted by Gasteiger charge is 2.07. The lowest BCUT2D eigenvalue weighted by Gasteiger charge is -2.08. The Bertz CT molecular complexity index is 596. The van der Waals surface area contributed by atoms with E-state index in [0.29, 0.717) is 13.2 Å². The van der Waals surface area contributed by atoms with E-state index < -0.39 is 0 Å². The molecule has 6 heteroatoms. The minimum atomic E-state index is 0.610. The number of benzene rings is 1. The fourth-order valence-electron chi connectivity index (χ4n) is 1.90. The third-order valence-electron chi connectivity index (χ3n) is 2.93. The van der Waals surface area contributed by atoms with E-state index in [1.807, 2.05) is 48.8 Å². The molecule has 2 rings (SSSR count). The summed E-state index contributed by atoms with van der Waals surface area (Å²) in [6, 6.07) is 7.66. The molecule has 0 amide bonds. The van der Waals surface area contributed by atoms with E-state index in [-0.39, 0.29) is 0 Å². The van der Waals surface area contributed by atoms with Gasteiger partial charge in [-0.05, 0) is 38.1 Å². The number of hydrogen-bond donors (Lipinski definition) is 0. The van der Waals surface area contributed by atoms with Crippen LogP contribution in [0.1, 0.15) is 12.7 Å². The molecule has 0 aliphatic heterocycles. The van der Waals surface area contributed by atoms with Gasteiger partial charge in [-0.3, -0.25) is 0 Å². The Labute approximate surface area is 135 Å². The average Bonchev–Trinajstić information content (AvgIpc) is 2.87. The first-order chi connectivity index (χ1) is 10.7. The summed E-state index contributed by atoms with van der Waals surface area (Å²) in [6.07, 6.45) is 1.84. The predicted molar refractivity (Wildman–Crippen MR) is 88.8 cm³/mol. The van der Waals surface area contributed by atoms with Gasteiger partial charge in [0.1, 0.15) is 17.3 Å². The first-order valence-electron chi connectivity index (χ1n) is 7.23. The Morgan fingerprint density at radius 2 is 1.86 bits per heavy atom. The summed E-state index contributed by atoms with van der Waals surface area (Å²) in [5, 5.41) is 9.15. The molecule has 2 aromatic rings. The topological polar surface area (TPSA) is 49.2 Å². The second-order valence-electron chi connectivity index (χ2n) is 4.53. The van der Waals surface area contributed by atoms with Gasteiger partial charge >= 0.3 is 0 Å². The summed E-state index contributed by atoms with van der Waals surface area (Å²) in [6.45, 7) is 9.66. The molecule has 0 atom stereocenters. The van der Waals surface area contributed by atoms with Crippen LogP contribution in [0.5, 0.6) is 11.5 Å². The number of hydrogen-bond acceptors (Lipinski definition) is 5. The first kappa shape index (κ1) is 16.4. The molecule has 0 unspecified atom stereocenters. The van der Waals surface area contributed by atoms with Crippen LogP contribution in [0, 0.1) is 6.92 Å². The largest absolute Gasteiger partial charge is 0.494 e. The molecule has 0 saturated carbocycles. The minimum absolute atomic E-state index is 0.610. The summed E-state index contributed by atoms with van der Waals surface area (Å²) < 4.78 is 13.1. The quantitative estimate of drug-likeness (QED) is 0.403. The normalized spacial score (nSPS) is 10.5. The second kappa shape index (κ2) is 8.48. The van der Waals surface area contributed by atoms with Crippen molar-refractivity contribution in [3.63, 3.8) is 0 Å². The van der Waals surface area contributed by atoms with Crippen molar-refractivity contribution >= 4 is 11.8 Å². The van der Waals surface area contributed by atoms with Crippen LogP contribution in [0.15, 0.2) is 42.1 Å². The molecule has 1 aromatic carbocycles. The van der Waals surface area contributed by atoms with Gasteiger partial charge < -0.3 is 14.0 Å². The van der Waals surface area contributed by atoms with E-state index in [1.165, 1.54) is 0 Å². The lowest BCUT2D eigenvalue weighted by Crippen LogP contribution is -2.04. The molecule has 5 nitrogen and oxygen atoms in total. The van der Waals surface area contributed by atoms with Crippen LogP contribution in [-0.2, 0) is 6.54 Å². The molecule has 0 radical (unpaired) electrons. The van der Waals surface area contributed by atoms with Crippen LogP contribution in [0.4, 0.5) is 0 Å². The Morgan fingerprint density at radius 1 is 1.18 bits per heavy atom. The van der Waals surface area contributed by atoms with Crippen molar-refractivity contribution in [2.24, 2.45) is 0 Å². The molecule has 0 N–H and O–H groups in total. The highest BCUT2D eigenvalue weighted by Crippen LogP contribution is 2.19. The lowest BCUT2D eigenvalue weighted by atomic mass is 10.3. The fourth-order valence-corrected chi connectivity index (χ4v) is 2.71. The average molecular weight is 319 g/mol. The summed E-state index contributed by atoms with van der Waals surface area (Å²) in [7, 11) is 0. The summed E-state index contributed by atoms with van der Waals surface area (Å²) in [4.78, 5) is 0. The molecule has 0 aliphatic rings. The van der Waals surface area contributed by atoms with E-state index in [1.54, 1.807) is 11.8 Å². The van der Waals surface area contributed by atoms with Crippen molar-refractivity contribution in [3.8, 4) is 11.5 Å². The van der Waals surface area contributed by atoms with Gasteiger partial charge in [-0.2, -0.15) is 0 Å². The number of allylic oxidation sites excluding steroid dienone is 1. The van der Waals surface area contributed by atoms with E-state index >= 15 is 0 Å². The van der Waals surface area contributed by atoms with Crippen molar-refractivity contribution in [2.45, 2.75) is 25.5 Å². The summed E-state index contributed by atoms with van der Waals surface area (Å²) in [5.41, 5.74) is 0. The van der Waals surface area contributed by atoms with Gasteiger partial charge in [0, 0.05) is 12.3 Å². The van der Waals surface area contributed by atoms with E-state index in [2.05, 4.69) is 16.8 Å². The first-order valence-corrected chi connectivity index (χ1v) is 8.22. The zero-order chi connectivity index (χ0) is 15.8. The molecule has 1 heterocycles. The molecule has 118 valence electrons. The van der Waals surface area contributed by atoms with E-state index in [4.69, 9.17) is 9.47 Å². The van der Waals surface area contributed by atoms with Crippen LogP contribution in [0.2, 0.25) is 0 Å². The highest BCUT2D eigenvalue weighted by atomic mass is 32.2. The van der Waals surface area contributed by atoms with Gasteiger partial charge in [-0.15, -0.1) is 16.8 Å². The van der Waals surface area contributed by atoms with Crippen LogP contribution in [0.25, 0.3) is 0 Å². The van der Waals surface area contributed by atoms with Crippen LogP contribution in [-0.4, -0.2) is 33.7 Å². The number of rotatable bonds is 9. The maximum atomic E-state index is 5.71. The zero-order valence-corrected chi connectivity index (χ0v) is 13.8. The molecule has 0 fully saturated rings.